The van der Waals surface area contributed by atoms with E-state index in [-0.39, 0.29) is 5.91 Å². The van der Waals surface area contributed by atoms with Crippen molar-refractivity contribution in [1.82, 2.24) is 4.90 Å². The topological polar surface area (TPSA) is 33.5 Å². The monoisotopic (exact) mass is 287 g/mol. The van der Waals surface area contributed by atoms with Gasteiger partial charge >= 0.3 is 0 Å². The van der Waals surface area contributed by atoms with Gasteiger partial charge < -0.3 is 9.32 Å². The fraction of sp³-hybridized carbons (Fsp3) is 0.500. The minimum atomic E-state index is 0.109. The standard InChI is InChI=1S/C10H10BrNO2S/c11-9-1-6(4-14-9)10(13)12-3-8-2-7(12)5-15-8/h1,4,7-8H,2-3,5H2. The summed E-state index contributed by atoms with van der Waals surface area (Å²) in [4.78, 5) is 14.1. The summed E-state index contributed by atoms with van der Waals surface area (Å²) in [6.07, 6.45) is 2.68. The molecule has 0 N–H and O–H groups in total. The van der Waals surface area contributed by atoms with Crippen LogP contribution in [0.2, 0.25) is 0 Å². The highest BCUT2D eigenvalue weighted by Crippen LogP contribution is 2.38. The predicted molar refractivity (Wildman–Crippen MR) is 62.1 cm³/mol. The summed E-state index contributed by atoms with van der Waals surface area (Å²) in [6, 6.07) is 2.18. The normalized spacial score (nSPS) is 28.7. The Morgan fingerprint density at radius 1 is 1.67 bits per heavy atom. The number of nitrogens with zero attached hydrogens (tertiary/aromatic N) is 1. The maximum Gasteiger partial charge on any atom is 0.257 e. The first-order valence-electron chi connectivity index (χ1n) is 4.90. The van der Waals surface area contributed by atoms with Gasteiger partial charge in [0.15, 0.2) is 4.67 Å². The minimum absolute atomic E-state index is 0.109. The van der Waals surface area contributed by atoms with Gasteiger partial charge in [-0.1, -0.05) is 0 Å². The van der Waals surface area contributed by atoms with Crippen LogP contribution in [0.25, 0.3) is 0 Å². The molecule has 2 aliphatic rings. The fourth-order valence-corrected chi connectivity index (χ4v) is 4.01. The maximum atomic E-state index is 12.1. The van der Waals surface area contributed by atoms with Gasteiger partial charge in [-0.25, -0.2) is 0 Å². The van der Waals surface area contributed by atoms with E-state index in [1.165, 1.54) is 6.26 Å². The quantitative estimate of drug-likeness (QED) is 0.795. The number of hydrogen-bond donors (Lipinski definition) is 0. The Kier molecular flexibility index (Phi) is 2.32. The van der Waals surface area contributed by atoms with Crippen LogP contribution in [0.15, 0.2) is 21.4 Å². The van der Waals surface area contributed by atoms with Crippen molar-refractivity contribution in [3.05, 3.63) is 22.6 Å². The lowest BCUT2D eigenvalue weighted by atomic mass is 10.2. The van der Waals surface area contributed by atoms with Crippen LogP contribution in [-0.2, 0) is 0 Å². The summed E-state index contributed by atoms with van der Waals surface area (Å²) in [5.74, 6) is 1.20. The molecule has 0 saturated carbocycles. The molecular weight excluding hydrogens is 278 g/mol. The Morgan fingerprint density at radius 3 is 3.07 bits per heavy atom. The SMILES string of the molecule is O=C(c1coc(Br)c1)N1CC2CC1CS2. The first kappa shape index (κ1) is 9.78. The van der Waals surface area contributed by atoms with E-state index in [0.717, 1.165) is 18.7 Å². The molecule has 0 radical (unpaired) electrons. The molecule has 2 bridgehead atoms. The number of halogens is 1. The van der Waals surface area contributed by atoms with Gasteiger partial charge in [0.25, 0.3) is 5.91 Å². The molecule has 80 valence electrons. The molecular formula is C10H10BrNO2S. The average molecular weight is 288 g/mol. The minimum Gasteiger partial charge on any atom is -0.457 e. The van der Waals surface area contributed by atoms with Crippen molar-refractivity contribution in [3.63, 3.8) is 0 Å². The van der Waals surface area contributed by atoms with E-state index in [4.69, 9.17) is 4.42 Å². The zero-order valence-corrected chi connectivity index (χ0v) is 10.4. The second kappa shape index (κ2) is 3.56. The van der Waals surface area contributed by atoms with Gasteiger partial charge in [0.05, 0.1) is 5.56 Å². The van der Waals surface area contributed by atoms with Crippen LogP contribution in [-0.4, -0.2) is 34.4 Å². The van der Waals surface area contributed by atoms with Crippen molar-refractivity contribution in [2.45, 2.75) is 17.7 Å². The van der Waals surface area contributed by atoms with Crippen molar-refractivity contribution >= 4 is 33.6 Å². The van der Waals surface area contributed by atoms with E-state index in [1.807, 2.05) is 16.7 Å². The number of furan rings is 1. The second-order valence-corrected chi connectivity index (χ2v) is 6.06. The zero-order valence-electron chi connectivity index (χ0n) is 7.98. The van der Waals surface area contributed by atoms with Crippen LogP contribution in [0.3, 0.4) is 0 Å². The second-order valence-electron chi connectivity index (χ2n) is 3.94. The van der Waals surface area contributed by atoms with Crippen LogP contribution in [0.1, 0.15) is 16.8 Å². The summed E-state index contributed by atoms with van der Waals surface area (Å²) in [6.45, 7) is 0.900. The Labute approximate surface area is 100 Å². The highest BCUT2D eigenvalue weighted by atomic mass is 79.9. The zero-order chi connectivity index (χ0) is 10.4. The molecule has 15 heavy (non-hydrogen) atoms. The molecule has 2 fully saturated rings. The number of thioether (sulfide) groups is 1. The highest BCUT2D eigenvalue weighted by molar-refractivity contribution is 9.10. The smallest absolute Gasteiger partial charge is 0.257 e. The lowest BCUT2D eigenvalue weighted by Gasteiger charge is -2.25. The van der Waals surface area contributed by atoms with Crippen LogP contribution in [0.4, 0.5) is 0 Å². The summed E-state index contributed by atoms with van der Waals surface area (Å²) in [7, 11) is 0. The Bertz CT molecular complexity index is 406. The molecule has 0 aromatic carbocycles. The van der Waals surface area contributed by atoms with E-state index in [1.54, 1.807) is 6.07 Å². The van der Waals surface area contributed by atoms with Crippen LogP contribution in [0.5, 0.6) is 0 Å². The third-order valence-electron chi connectivity index (χ3n) is 2.98. The van der Waals surface area contributed by atoms with Crippen LogP contribution in [0, 0.1) is 0 Å². The van der Waals surface area contributed by atoms with Crippen molar-refractivity contribution in [1.29, 1.82) is 0 Å². The first-order chi connectivity index (χ1) is 7.24. The predicted octanol–water partition coefficient (Wildman–Crippen LogP) is 2.37. The van der Waals surface area contributed by atoms with Gasteiger partial charge in [-0.2, -0.15) is 11.8 Å². The van der Waals surface area contributed by atoms with Gasteiger partial charge in [0.2, 0.25) is 0 Å². The first-order valence-corrected chi connectivity index (χ1v) is 6.75. The van der Waals surface area contributed by atoms with E-state index < -0.39 is 0 Å². The molecule has 1 aromatic heterocycles. The van der Waals surface area contributed by atoms with Crippen molar-refractivity contribution < 1.29 is 9.21 Å². The van der Waals surface area contributed by atoms with Gasteiger partial charge in [-0.3, -0.25) is 4.79 Å². The number of amides is 1. The van der Waals surface area contributed by atoms with Gasteiger partial charge in [0.1, 0.15) is 6.26 Å². The van der Waals surface area contributed by atoms with Crippen LogP contribution < -0.4 is 0 Å². The van der Waals surface area contributed by atoms with Gasteiger partial charge in [0, 0.05) is 29.7 Å². The molecule has 0 spiro atoms. The van der Waals surface area contributed by atoms with Crippen molar-refractivity contribution in [2.24, 2.45) is 0 Å². The lowest BCUT2D eigenvalue weighted by molar-refractivity contribution is 0.0747. The molecule has 2 unspecified atom stereocenters. The van der Waals surface area contributed by atoms with Crippen molar-refractivity contribution in [2.75, 3.05) is 12.3 Å². The maximum absolute atomic E-state index is 12.1. The third-order valence-corrected chi connectivity index (χ3v) is 4.78. The Balaban J connectivity index is 1.81. The van der Waals surface area contributed by atoms with Gasteiger partial charge in [-0.15, -0.1) is 0 Å². The number of carbonyl (C=O) groups is 1. The van der Waals surface area contributed by atoms with E-state index in [9.17, 15) is 4.79 Å². The summed E-state index contributed by atoms with van der Waals surface area (Å²) in [5.41, 5.74) is 0.652. The van der Waals surface area contributed by atoms with E-state index in [2.05, 4.69) is 15.9 Å². The largest absolute Gasteiger partial charge is 0.457 e. The lowest BCUT2D eigenvalue weighted by Crippen LogP contribution is -2.38. The number of carbonyl (C=O) groups excluding carboxylic acids is 1. The Morgan fingerprint density at radius 2 is 2.53 bits per heavy atom. The number of rotatable bonds is 1. The Hall–Kier alpha value is -0.420. The highest BCUT2D eigenvalue weighted by Gasteiger charge is 2.41. The number of likely N-dealkylation sites (tertiary alicyclic amines) is 1. The summed E-state index contributed by atoms with van der Waals surface area (Å²) < 4.78 is 5.70. The van der Waals surface area contributed by atoms with E-state index >= 15 is 0 Å². The molecule has 3 nitrogen and oxygen atoms in total. The molecule has 5 heteroatoms. The molecule has 1 aromatic rings. The summed E-state index contributed by atoms with van der Waals surface area (Å²) in [5, 5.41) is 0.661. The molecule has 1 amide bonds. The van der Waals surface area contributed by atoms with Gasteiger partial charge in [-0.05, 0) is 22.4 Å². The molecule has 3 heterocycles. The molecule has 3 rings (SSSR count). The molecule has 0 aliphatic carbocycles. The number of hydrogen-bond acceptors (Lipinski definition) is 3. The van der Waals surface area contributed by atoms with Crippen LogP contribution >= 0.6 is 27.7 Å². The average Bonchev–Trinajstić information content (AvgIpc) is 2.90. The molecule has 2 atom stereocenters. The molecule has 2 aliphatic heterocycles. The van der Waals surface area contributed by atoms with Crippen molar-refractivity contribution in [3.8, 4) is 0 Å². The fourth-order valence-electron chi connectivity index (χ4n) is 2.24. The number of fused-ring (bicyclic) bond motifs is 2. The molecule has 2 saturated heterocycles. The third kappa shape index (κ3) is 1.61. The van der Waals surface area contributed by atoms with E-state index in [0.29, 0.717) is 21.5 Å². The summed E-state index contributed by atoms with van der Waals surface area (Å²) >= 11 is 5.20.